The van der Waals surface area contributed by atoms with E-state index in [1.54, 1.807) is 16.8 Å². The number of benzene rings is 2. The molecule has 0 saturated heterocycles. The molecule has 0 atom stereocenters. The minimum Gasteiger partial charge on any atom is -0.478 e. The van der Waals surface area contributed by atoms with Crippen molar-refractivity contribution in [3.8, 4) is 16.8 Å². The number of carboxylic acid groups (broad SMARTS) is 1. The third-order valence-electron chi connectivity index (χ3n) is 3.89. The zero-order valence-corrected chi connectivity index (χ0v) is 13.7. The van der Waals surface area contributed by atoms with E-state index in [1.807, 2.05) is 37.3 Å². The van der Waals surface area contributed by atoms with Gasteiger partial charge in [-0.3, -0.25) is 0 Å². The number of hydrogen-bond donors (Lipinski definition) is 1. The lowest BCUT2D eigenvalue weighted by Crippen LogP contribution is -2.06. The van der Waals surface area contributed by atoms with Crippen LogP contribution in [-0.2, 0) is 6.42 Å². The highest BCUT2D eigenvalue weighted by molar-refractivity contribution is 5.90. The van der Waals surface area contributed by atoms with Gasteiger partial charge < -0.3 is 5.11 Å². The third kappa shape index (κ3) is 3.20. The summed E-state index contributed by atoms with van der Waals surface area (Å²) < 4.78 is 1.72. The summed E-state index contributed by atoms with van der Waals surface area (Å²) >= 11 is 0. The van der Waals surface area contributed by atoms with E-state index < -0.39 is 5.97 Å². The lowest BCUT2D eigenvalue weighted by Gasteiger charge is -2.10. The molecule has 0 spiro atoms. The van der Waals surface area contributed by atoms with Crippen LogP contribution in [0.1, 0.15) is 35.1 Å². The van der Waals surface area contributed by atoms with Gasteiger partial charge >= 0.3 is 5.97 Å². The maximum absolute atomic E-state index is 11.5. The smallest absolute Gasteiger partial charge is 0.335 e. The Hall–Kier alpha value is -2.95. The van der Waals surface area contributed by atoms with E-state index in [-0.39, 0.29) is 5.56 Å². The van der Waals surface area contributed by atoms with E-state index in [2.05, 4.69) is 17.0 Å². The Labute approximate surface area is 140 Å². The Morgan fingerprint density at radius 2 is 1.88 bits per heavy atom. The fourth-order valence-electron chi connectivity index (χ4n) is 2.64. The van der Waals surface area contributed by atoms with Crippen LogP contribution in [0.5, 0.6) is 0 Å². The first-order valence-corrected chi connectivity index (χ1v) is 7.93. The van der Waals surface area contributed by atoms with Crippen LogP contribution in [0.25, 0.3) is 16.8 Å². The number of nitrogens with zero attached hydrogens (tertiary/aromatic N) is 3. The van der Waals surface area contributed by atoms with E-state index in [9.17, 15) is 9.90 Å². The van der Waals surface area contributed by atoms with Crippen molar-refractivity contribution in [1.82, 2.24) is 14.8 Å². The first-order valence-electron chi connectivity index (χ1n) is 7.93. The largest absolute Gasteiger partial charge is 0.478 e. The SMILES string of the molecule is CCCc1ncnn1-c1cc(C(=O)O)cc(-c2ccc(C)cc2)c1. The second kappa shape index (κ2) is 6.66. The number of aromatic nitrogens is 3. The molecule has 5 heteroatoms. The molecule has 2 aromatic carbocycles. The zero-order chi connectivity index (χ0) is 17.1. The molecule has 0 aliphatic heterocycles. The normalized spacial score (nSPS) is 10.8. The van der Waals surface area contributed by atoms with Gasteiger partial charge in [-0.15, -0.1) is 0 Å². The molecule has 1 aromatic heterocycles. The lowest BCUT2D eigenvalue weighted by atomic mass is 10.0. The topological polar surface area (TPSA) is 68.0 Å². The first kappa shape index (κ1) is 15.9. The maximum atomic E-state index is 11.5. The Morgan fingerprint density at radius 1 is 1.12 bits per heavy atom. The van der Waals surface area contributed by atoms with E-state index in [1.165, 1.54) is 6.33 Å². The van der Waals surface area contributed by atoms with E-state index in [0.29, 0.717) is 5.69 Å². The van der Waals surface area contributed by atoms with Crippen molar-refractivity contribution in [1.29, 1.82) is 0 Å². The number of carboxylic acids is 1. The van der Waals surface area contributed by atoms with Crippen LogP contribution < -0.4 is 0 Å². The first-order chi connectivity index (χ1) is 11.6. The summed E-state index contributed by atoms with van der Waals surface area (Å²) in [6.07, 6.45) is 3.24. The molecular formula is C19H19N3O2. The van der Waals surface area contributed by atoms with Gasteiger partial charge in [0.25, 0.3) is 0 Å². The van der Waals surface area contributed by atoms with Gasteiger partial charge in [-0.1, -0.05) is 36.8 Å². The zero-order valence-electron chi connectivity index (χ0n) is 13.7. The summed E-state index contributed by atoms with van der Waals surface area (Å²) in [6, 6.07) is 13.3. The van der Waals surface area contributed by atoms with Crippen molar-refractivity contribution in [3.05, 3.63) is 65.7 Å². The Balaban J connectivity index is 2.14. The minimum atomic E-state index is -0.956. The maximum Gasteiger partial charge on any atom is 0.335 e. The van der Waals surface area contributed by atoms with Crippen molar-refractivity contribution < 1.29 is 9.90 Å². The fourth-order valence-corrected chi connectivity index (χ4v) is 2.64. The van der Waals surface area contributed by atoms with Crippen LogP contribution in [0.15, 0.2) is 48.8 Å². The number of aromatic carboxylic acids is 1. The van der Waals surface area contributed by atoms with Gasteiger partial charge in [0.15, 0.2) is 0 Å². The van der Waals surface area contributed by atoms with Crippen LogP contribution in [0, 0.1) is 6.92 Å². The quantitative estimate of drug-likeness (QED) is 0.774. The van der Waals surface area contributed by atoms with E-state index in [4.69, 9.17) is 0 Å². The molecule has 0 bridgehead atoms. The Bertz CT molecular complexity index is 867. The number of rotatable bonds is 5. The predicted octanol–water partition coefficient (Wildman–Crippen LogP) is 3.89. The molecule has 5 nitrogen and oxygen atoms in total. The molecule has 0 fully saturated rings. The summed E-state index contributed by atoms with van der Waals surface area (Å²) in [5, 5.41) is 13.7. The van der Waals surface area contributed by atoms with Gasteiger partial charge in [-0.05, 0) is 42.7 Å². The summed E-state index contributed by atoms with van der Waals surface area (Å²) in [5.74, 6) is -0.128. The predicted molar refractivity (Wildman–Crippen MR) is 92.5 cm³/mol. The Morgan fingerprint density at radius 3 is 2.54 bits per heavy atom. The molecule has 3 aromatic rings. The molecule has 122 valence electrons. The highest BCUT2D eigenvalue weighted by atomic mass is 16.4. The van der Waals surface area contributed by atoms with Crippen molar-refractivity contribution in [2.45, 2.75) is 26.7 Å². The molecule has 24 heavy (non-hydrogen) atoms. The molecule has 0 unspecified atom stereocenters. The number of carbonyl (C=O) groups is 1. The van der Waals surface area contributed by atoms with Crippen LogP contribution >= 0.6 is 0 Å². The molecule has 3 rings (SSSR count). The highest BCUT2D eigenvalue weighted by Crippen LogP contribution is 2.25. The average Bonchev–Trinajstić information content (AvgIpc) is 3.04. The molecule has 0 aliphatic carbocycles. The molecule has 1 N–H and O–H groups in total. The molecule has 1 heterocycles. The van der Waals surface area contributed by atoms with Crippen molar-refractivity contribution in [3.63, 3.8) is 0 Å². The van der Waals surface area contributed by atoms with Crippen molar-refractivity contribution in [2.24, 2.45) is 0 Å². The van der Waals surface area contributed by atoms with Crippen molar-refractivity contribution in [2.75, 3.05) is 0 Å². The summed E-state index contributed by atoms with van der Waals surface area (Å²) in [7, 11) is 0. The monoisotopic (exact) mass is 321 g/mol. The summed E-state index contributed by atoms with van der Waals surface area (Å²) in [6.45, 7) is 4.10. The number of aryl methyl sites for hydroxylation is 2. The Kier molecular flexibility index (Phi) is 4.42. The second-order valence-corrected chi connectivity index (χ2v) is 5.78. The fraction of sp³-hybridized carbons (Fsp3) is 0.211. The minimum absolute atomic E-state index is 0.237. The number of hydrogen-bond acceptors (Lipinski definition) is 3. The van der Waals surface area contributed by atoms with Crippen LogP contribution in [0.4, 0.5) is 0 Å². The van der Waals surface area contributed by atoms with Crippen LogP contribution in [-0.4, -0.2) is 25.8 Å². The van der Waals surface area contributed by atoms with E-state index >= 15 is 0 Å². The molecule has 0 saturated carbocycles. The third-order valence-corrected chi connectivity index (χ3v) is 3.89. The molecule has 0 amide bonds. The second-order valence-electron chi connectivity index (χ2n) is 5.78. The van der Waals surface area contributed by atoms with Crippen molar-refractivity contribution >= 4 is 5.97 Å². The lowest BCUT2D eigenvalue weighted by molar-refractivity contribution is 0.0697. The standard InChI is InChI=1S/C19H19N3O2/c1-3-4-18-20-12-21-22(18)17-10-15(9-16(11-17)19(23)24)14-7-5-13(2)6-8-14/h5-12H,3-4H2,1-2H3,(H,23,24). The van der Waals surface area contributed by atoms with Gasteiger partial charge in [-0.25, -0.2) is 14.5 Å². The van der Waals surface area contributed by atoms with Gasteiger partial charge in [0.05, 0.1) is 11.3 Å². The van der Waals surface area contributed by atoms with Crippen LogP contribution in [0.3, 0.4) is 0 Å². The highest BCUT2D eigenvalue weighted by Gasteiger charge is 2.12. The van der Waals surface area contributed by atoms with Gasteiger partial charge in [0.2, 0.25) is 0 Å². The van der Waals surface area contributed by atoms with Crippen LogP contribution in [0.2, 0.25) is 0 Å². The van der Waals surface area contributed by atoms with Gasteiger partial charge in [0, 0.05) is 6.42 Å². The van der Waals surface area contributed by atoms with Gasteiger partial charge in [-0.2, -0.15) is 5.10 Å². The van der Waals surface area contributed by atoms with E-state index in [0.717, 1.165) is 35.4 Å². The molecular weight excluding hydrogens is 302 g/mol. The summed E-state index contributed by atoms with van der Waals surface area (Å²) in [5.41, 5.74) is 3.94. The molecule has 0 aliphatic rings. The summed E-state index contributed by atoms with van der Waals surface area (Å²) in [4.78, 5) is 15.8. The molecule has 0 radical (unpaired) electrons. The van der Waals surface area contributed by atoms with Gasteiger partial charge in [0.1, 0.15) is 12.2 Å². The average molecular weight is 321 g/mol.